The summed E-state index contributed by atoms with van der Waals surface area (Å²) in [5.41, 5.74) is 4.66. The third-order valence-electron chi connectivity index (χ3n) is 5.68. The van der Waals surface area contributed by atoms with Gasteiger partial charge in [-0.15, -0.1) is 0 Å². The molecule has 0 fully saturated rings. The predicted molar refractivity (Wildman–Crippen MR) is 122 cm³/mol. The van der Waals surface area contributed by atoms with Crippen LogP contribution in [0.15, 0.2) is 71.7 Å². The number of halogens is 1. The number of carbonyl (C=O) groups is 2. The zero-order valence-corrected chi connectivity index (χ0v) is 17.4. The van der Waals surface area contributed by atoms with Crippen molar-refractivity contribution in [2.24, 2.45) is 4.99 Å². The lowest BCUT2D eigenvalue weighted by Crippen LogP contribution is -2.48. The van der Waals surface area contributed by atoms with Crippen LogP contribution in [-0.2, 0) is 11.2 Å². The van der Waals surface area contributed by atoms with Crippen molar-refractivity contribution < 1.29 is 14.0 Å². The SMILES string of the molecule is Cc1cccc(NC(=O)N[C@@H]2N=C(c3ccccc3F)c3cccc4c3N(CC4)C2=O)c1. The minimum Gasteiger partial charge on any atom is -0.308 e. The summed E-state index contributed by atoms with van der Waals surface area (Å²) in [6.45, 7) is 2.41. The number of aliphatic imine (C=N–C) groups is 1. The maximum Gasteiger partial charge on any atom is 0.321 e. The number of hydrogen-bond donors (Lipinski definition) is 2. The second kappa shape index (κ2) is 7.92. The van der Waals surface area contributed by atoms with E-state index < -0.39 is 18.0 Å². The molecular weight excluding hydrogens is 407 g/mol. The Labute approximate surface area is 184 Å². The second-order valence-electron chi connectivity index (χ2n) is 7.88. The highest BCUT2D eigenvalue weighted by atomic mass is 19.1. The Balaban J connectivity index is 1.55. The molecule has 6 nitrogen and oxygen atoms in total. The first-order valence-electron chi connectivity index (χ1n) is 10.4. The number of nitrogens with zero attached hydrogens (tertiary/aromatic N) is 2. The van der Waals surface area contributed by atoms with Crippen LogP contribution in [0.4, 0.5) is 20.6 Å². The molecule has 2 heterocycles. The van der Waals surface area contributed by atoms with Gasteiger partial charge in [-0.2, -0.15) is 0 Å². The molecule has 160 valence electrons. The van der Waals surface area contributed by atoms with E-state index in [1.807, 2.05) is 43.3 Å². The van der Waals surface area contributed by atoms with Crippen LogP contribution in [0.25, 0.3) is 0 Å². The highest BCUT2D eigenvalue weighted by molar-refractivity contribution is 6.21. The Hall–Kier alpha value is -4.00. The van der Waals surface area contributed by atoms with Crippen molar-refractivity contribution in [1.82, 2.24) is 5.32 Å². The van der Waals surface area contributed by atoms with E-state index in [0.717, 1.165) is 16.8 Å². The summed E-state index contributed by atoms with van der Waals surface area (Å²) in [6, 6.07) is 18.8. The van der Waals surface area contributed by atoms with Gasteiger partial charge in [0, 0.05) is 23.4 Å². The molecule has 7 heteroatoms. The van der Waals surface area contributed by atoms with Crippen LogP contribution < -0.4 is 15.5 Å². The molecule has 0 spiro atoms. The van der Waals surface area contributed by atoms with Gasteiger partial charge in [0.05, 0.1) is 11.4 Å². The minimum atomic E-state index is -1.19. The molecule has 0 saturated heterocycles. The van der Waals surface area contributed by atoms with E-state index in [0.29, 0.717) is 29.9 Å². The fourth-order valence-electron chi connectivity index (χ4n) is 4.24. The molecule has 2 aliphatic heterocycles. The van der Waals surface area contributed by atoms with Crippen LogP contribution in [0.3, 0.4) is 0 Å². The van der Waals surface area contributed by atoms with E-state index in [9.17, 15) is 14.0 Å². The smallest absolute Gasteiger partial charge is 0.308 e. The summed E-state index contributed by atoms with van der Waals surface area (Å²) in [5, 5.41) is 5.41. The second-order valence-corrected chi connectivity index (χ2v) is 7.88. The number of nitrogens with one attached hydrogen (secondary N) is 2. The minimum absolute atomic E-state index is 0.286. The van der Waals surface area contributed by atoms with Gasteiger partial charge in [0.2, 0.25) is 6.17 Å². The zero-order chi connectivity index (χ0) is 22.2. The fraction of sp³-hybridized carbons (Fsp3) is 0.160. The first-order chi connectivity index (χ1) is 15.5. The molecule has 1 atom stereocenters. The molecule has 3 aromatic carbocycles. The molecule has 32 heavy (non-hydrogen) atoms. The average molecular weight is 428 g/mol. The van der Waals surface area contributed by atoms with Gasteiger partial charge in [0.1, 0.15) is 5.82 Å². The molecule has 3 aromatic rings. The van der Waals surface area contributed by atoms with Crippen molar-refractivity contribution in [1.29, 1.82) is 0 Å². The van der Waals surface area contributed by atoms with E-state index >= 15 is 0 Å². The Kier molecular flexibility index (Phi) is 4.93. The maximum atomic E-state index is 14.7. The quantitative estimate of drug-likeness (QED) is 0.661. The van der Waals surface area contributed by atoms with Crippen LogP contribution in [0.2, 0.25) is 0 Å². The predicted octanol–water partition coefficient (Wildman–Crippen LogP) is 4.02. The van der Waals surface area contributed by atoms with Gasteiger partial charge in [0.25, 0.3) is 5.91 Å². The van der Waals surface area contributed by atoms with Gasteiger partial charge in [-0.1, -0.05) is 42.5 Å². The normalized spacial score (nSPS) is 16.8. The summed E-state index contributed by atoms with van der Waals surface area (Å²) in [7, 11) is 0. The van der Waals surface area contributed by atoms with Gasteiger partial charge in [-0.25, -0.2) is 14.2 Å². The Morgan fingerprint density at radius 3 is 2.66 bits per heavy atom. The molecule has 5 rings (SSSR count). The van der Waals surface area contributed by atoms with E-state index in [-0.39, 0.29) is 11.5 Å². The molecule has 2 N–H and O–H groups in total. The highest BCUT2D eigenvalue weighted by Gasteiger charge is 2.37. The third-order valence-corrected chi connectivity index (χ3v) is 5.68. The lowest BCUT2D eigenvalue weighted by Gasteiger charge is -2.21. The Morgan fingerprint density at radius 2 is 1.84 bits per heavy atom. The molecule has 0 saturated carbocycles. The topological polar surface area (TPSA) is 73.8 Å². The van der Waals surface area contributed by atoms with Crippen LogP contribution in [0.1, 0.15) is 22.3 Å². The highest BCUT2D eigenvalue weighted by Crippen LogP contribution is 2.36. The Bertz CT molecular complexity index is 1270. The van der Waals surface area contributed by atoms with Crippen LogP contribution >= 0.6 is 0 Å². The first-order valence-corrected chi connectivity index (χ1v) is 10.4. The number of urea groups is 1. The van der Waals surface area contributed by atoms with E-state index in [1.165, 1.54) is 6.07 Å². The molecule has 3 amide bonds. The lowest BCUT2D eigenvalue weighted by molar-refractivity contribution is -0.120. The monoisotopic (exact) mass is 428 g/mol. The zero-order valence-electron chi connectivity index (χ0n) is 17.4. The van der Waals surface area contributed by atoms with Crippen molar-refractivity contribution in [2.45, 2.75) is 19.5 Å². The van der Waals surface area contributed by atoms with Gasteiger partial charge < -0.3 is 15.5 Å². The van der Waals surface area contributed by atoms with E-state index in [1.54, 1.807) is 29.2 Å². The number of hydrogen-bond acceptors (Lipinski definition) is 3. The lowest BCUT2D eigenvalue weighted by atomic mass is 9.98. The standard InChI is InChI=1S/C25H21FN4O2/c1-15-6-4-8-17(14-15)27-25(32)29-23-24(31)30-13-12-16-7-5-10-19(22(16)30)21(28-23)18-9-2-3-11-20(18)26/h2-11,14,23H,12-13H2,1H3,(H2,27,29,32)/t23-/m0/s1. The van der Waals surface area contributed by atoms with Crippen molar-refractivity contribution in [3.63, 3.8) is 0 Å². The molecule has 0 radical (unpaired) electrons. The number of rotatable bonds is 3. The number of anilines is 2. The molecule has 0 bridgehead atoms. The van der Waals surface area contributed by atoms with Crippen LogP contribution in [0.5, 0.6) is 0 Å². The van der Waals surface area contributed by atoms with Crippen LogP contribution in [0, 0.1) is 12.7 Å². The summed E-state index contributed by atoms with van der Waals surface area (Å²) >= 11 is 0. The Morgan fingerprint density at radius 1 is 1.06 bits per heavy atom. The fourth-order valence-corrected chi connectivity index (χ4v) is 4.24. The third kappa shape index (κ3) is 3.51. The summed E-state index contributed by atoms with van der Waals surface area (Å²) in [5.74, 6) is -0.785. The molecule has 2 aliphatic rings. The maximum absolute atomic E-state index is 14.7. The molecular formula is C25H21FN4O2. The van der Waals surface area contributed by atoms with Crippen molar-refractivity contribution >= 4 is 29.0 Å². The number of aryl methyl sites for hydroxylation is 1. The number of amides is 3. The van der Waals surface area contributed by atoms with Gasteiger partial charge in [0.15, 0.2) is 0 Å². The average Bonchev–Trinajstić information content (AvgIpc) is 3.17. The summed E-state index contributed by atoms with van der Waals surface area (Å²) in [4.78, 5) is 32.3. The number of carbonyl (C=O) groups excluding carboxylic acids is 2. The van der Waals surface area contributed by atoms with Gasteiger partial charge in [-0.3, -0.25) is 4.79 Å². The van der Waals surface area contributed by atoms with E-state index in [4.69, 9.17) is 0 Å². The number of para-hydroxylation sites is 1. The van der Waals surface area contributed by atoms with Crippen LogP contribution in [-0.4, -0.2) is 30.4 Å². The largest absolute Gasteiger partial charge is 0.321 e. The number of benzene rings is 3. The van der Waals surface area contributed by atoms with Crippen molar-refractivity contribution in [3.8, 4) is 0 Å². The van der Waals surface area contributed by atoms with Crippen molar-refractivity contribution in [3.05, 3.63) is 94.8 Å². The summed E-state index contributed by atoms with van der Waals surface area (Å²) < 4.78 is 14.7. The molecule has 0 aliphatic carbocycles. The summed E-state index contributed by atoms with van der Waals surface area (Å²) in [6.07, 6.45) is -0.491. The van der Waals surface area contributed by atoms with Crippen molar-refractivity contribution in [2.75, 3.05) is 16.8 Å². The van der Waals surface area contributed by atoms with E-state index in [2.05, 4.69) is 15.6 Å². The molecule has 0 unspecified atom stereocenters. The molecule has 0 aromatic heterocycles. The van der Waals surface area contributed by atoms with Gasteiger partial charge >= 0.3 is 6.03 Å². The first kappa shape index (κ1) is 19.9. The van der Waals surface area contributed by atoms with Gasteiger partial charge in [-0.05, 0) is 48.7 Å².